The molecule has 2 amide bonds. The van der Waals surface area contributed by atoms with Crippen LogP contribution in [0.2, 0.25) is 0 Å². The highest BCUT2D eigenvalue weighted by atomic mass is 16.3. The van der Waals surface area contributed by atoms with Crippen molar-refractivity contribution in [3.63, 3.8) is 0 Å². The summed E-state index contributed by atoms with van der Waals surface area (Å²) in [5.74, 6) is -1.20. The number of nitrogens with two attached hydrogens (primary N) is 1. The summed E-state index contributed by atoms with van der Waals surface area (Å²) in [7, 11) is 0. The maximum atomic E-state index is 12.0. The molecule has 0 heterocycles. The zero-order valence-corrected chi connectivity index (χ0v) is 12.1. The Bertz CT molecular complexity index is 476. The predicted octanol–water partition coefficient (Wildman–Crippen LogP) is -2.44. The van der Waals surface area contributed by atoms with Crippen LogP contribution in [0.3, 0.4) is 0 Å². The molecular weight excluding hydrogens is 292 g/mol. The Hall–Kier alpha value is -1.74. The van der Waals surface area contributed by atoms with Crippen LogP contribution in [0, 0.1) is 5.41 Å². The number of allylic oxidation sites excluding steroid dienone is 2. The van der Waals surface area contributed by atoms with Gasteiger partial charge < -0.3 is 31.5 Å². The summed E-state index contributed by atoms with van der Waals surface area (Å²) in [5, 5.41) is 38.9. The fourth-order valence-electron chi connectivity index (χ4n) is 2.25. The van der Waals surface area contributed by atoms with Gasteiger partial charge in [-0.25, -0.2) is 0 Å². The van der Waals surface area contributed by atoms with Crippen LogP contribution in [0.25, 0.3) is 0 Å². The Morgan fingerprint density at radius 1 is 1.27 bits per heavy atom. The second-order valence-electron chi connectivity index (χ2n) is 5.34. The molecule has 7 N–H and O–H groups in total. The first kappa shape index (κ1) is 18.3. The molecule has 1 rings (SSSR count). The van der Waals surface area contributed by atoms with Crippen molar-refractivity contribution < 1.29 is 30.0 Å². The highest BCUT2D eigenvalue weighted by Crippen LogP contribution is 2.36. The lowest BCUT2D eigenvalue weighted by Crippen LogP contribution is -2.42. The van der Waals surface area contributed by atoms with Gasteiger partial charge in [0.1, 0.15) is 0 Å². The number of aliphatic hydroxyl groups excluding tert-OH is 4. The van der Waals surface area contributed by atoms with E-state index in [4.69, 9.17) is 15.9 Å². The van der Waals surface area contributed by atoms with E-state index in [0.29, 0.717) is 0 Å². The molecule has 0 bridgehead atoms. The highest BCUT2D eigenvalue weighted by Gasteiger charge is 2.39. The number of amides is 2. The summed E-state index contributed by atoms with van der Waals surface area (Å²) in [5.41, 5.74) is 4.41. The van der Waals surface area contributed by atoms with Gasteiger partial charge in [0.05, 0.1) is 30.8 Å². The quantitative estimate of drug-likeness (QED) is 0.292. The van der Waals surface area contributed by atoms with Crippen LogP contribution in [0.4, 0.5) is 0 Å². The van der Waals surface area contributed by atoms with Crippen LogP contribution in [0.5, 0.6) is 0 Å². The summed E-state index contributed by atoms with van der Waals surface area (Å²) >= 11 is 0. The van der Waals surface area contributed by atoms with E-state index in [1.807, 2.05) is 0 Å². The van der Waals surface area contributed by atoms with E-state index in [-0.39, 0.29) is 25.0 Å². The summed E-state index contributed by atoms with van der Waals surface area (Å²) < 4.78 is 0. The van der Waals surface area contributed by atoms with Crippen molar-refractivity contribution in [3.05, 3.63) is 23.8 Å². The Kier molecular flexibility index (Phi) is 6.69. The van der Waals surface area contributed by atoms with Gasteiger partial charge in [-0.05, 0) is 12.8 Å². The molecule has 8 nitrogen and oxygen atoms in total. The van der Waals surface area contributed by atoms with Gasteiger partial charge in [-0.2, -0.15) is 0 Å². The molecule has 1 aliphatic rings. The maximum absolute atomic E-state index is 12.0. The molecule has 0 aromatic heterocycles. The van der Waals surface area contributed by atoms with E-state index < -0.39 is 42.7 Å². The molecule has 0 saturated heterocycles. The number of carbonyl (C=O) groups excluding carboxylic acids is 2. The van der Waals surface area contributed by atoms with Gasteiger partial charge in [0.25, 0.3) is 0 Å². The standard InChI is InChI=1S/C14H22N2O6/c15-13(22)14(5-10(19)7-17)3-1-2-9(4-14)12(21)16-6-11(20)8-18/h1-3,10-11,17-20H,4-8H2,(H2,15,22)(H,16,21). The normalized spacial score (nSPS) is 23.5. The van der Waals surface area contributed by atoms with Gasteiger partial charge in [-0.15, -0.1) is 0 Å². The molecule has 3 unspecified atom stereocenters. The number of carbonyl (C=O) groups is 2. The monoisotopic (exact) mass is 314 g/mol. The van der Waals surface area contributed by atoms with E-state index >= 15 is 0 Å². The molecule has 0 aliphatic heterocycles. The van der Waals surface area contributed by atoms with E-state index in [2.05, 4.69) is 5.32 Å². The molecule has 124 valence electrons. The summed E-state index contributed by atoms with van der Waals surface area (Å²) in [6.45, 7) is -1.12. The minimum absolute atomic E-state index is 0.0169. The molecule has 3 atom stereocenters. The lowest BCUT2D eigenvalue weighted by atomic mass is 9.73. The van der Waals surface area contributed by atoms with Crippen LogP contribution in [0.1, 0.15) is 12.8 Å². The van der Waals surface area contributed by atoms with Crippen LogP contribution >= 0.6 is 0 Å². The van der Waals surface area contributed by atoms with Crippen LogP contribution in [-0.2, 0) is 9.59 Å². The zero-order valence-electron chi connectivity index (χ0n) is 12.1. The van der Waals surface area contributed by atoms with Gasteiger partial charge in [-0.3, -0.25) is 9.59 Å². The number of hydrogen-bond donors (Lipinski definition) is 6. The summed E-state index contributed by atoms with van der Waals surface area (Å²) in [6, 6.07) is 0. The van der Waals surface area contributed by atoms with Gasteiger partial charge in [0.2, 0.25) is 11.8 Å². The average Bonchev–Trinajstić information content (AvgIpc) is 2.51. The average molecular weight is 314 g/mol. The third kappa shape index (κ3) is 4.63. The fourth-order valence-corrected chi connectivity index (χ4v) is 2.25. The second-order valence-corrected chi connectivity index (χ2v) is 5.34. The van der Waals surface area contributed by atoms with Gasteiger partial charge in [0.15, 0.2) is 0 Å². The number of primary amides is 1. The first-order valence-electron chi connectivity index (χ1n) is 6.89. The SMILES string of the molecule is NC(=O)C1(CC(O)CO)C=CC=C(C(=O)NCC(O)CO)C1. The number of hydrogen-bond acceptors (Lipinski definition) is 6. The van der Waals surface area contributed by atoms with Crippen molar-refractivity contribution in [1.29, 1.82) is 0 Å². The van der Waals surface area contributed by atoms with Crippen LogP contribution in [0.15, 0.2) is 23.8 Å². The van der Waals surface area contributed by atoms with Gasteiger partial charge in [0, 0.05) is 12.1 Å². The molecule has 0 spiro atoms. The summed E-state index contributed by atoms with van der Waals surface area (Å²) in [6.07, 6.45) is 2.20. The van der Waals surface area contributed by atoms with Crippen molar-refractivity contribution >= 4 is 11.8 Å². The van der Waals surface area contributed by atoms with Gasteiger partial charge in [-0.1, -0.05) is 18.2 Å². The van der Waals surface area contributed by atoms with Crippen molar-refractivity contribution in [2.75, 3.05) is 19.8 Å². The van der Waals surface area contributed by atoms with Crippen LogP contribution < -0.4 is 11.1 Å². The molecule has 1 aliphatic carbocycles. The first-order valence-corrected chi connectivity index (χ1v) is 6.89. The second kappa shape index (κ2) is 8.04. The number of nitrogens with one attached hydrogen (secondary N) is 1. The smallest absolute Gasteiger partial charge is 0.247 e. The van der Waals surface area contributed by atoms with Crippen molar-refractivity contribution in [1.82, 2.24) is 5.32 Å². The first-order chi connectivity index (χ1) is 10.3. The Morgan fingerprint density at radius 2 is 1.91 bits per heavy atom. The Morgan fingerprint density at radius 3 is 2.45 bits per heavy atom. The van der Waals surface area contributed by atoms with Crippen molar-refractivity contribution in [3.8, 4) is 0 Å². The van der Waals surface area contributed by atoms with E-state index in [1.165, 1.54) is 18.2 Å². The van der Waals surface area contributed by atoms with E-state index in [0.717, 1.165) is 0 Å². The third-order valence-corrected chi connectivity index (χ3v) is 3.52. The highest BCUT2D eigenvalue weighted by molar-refractivity contribution is 5.96. The molecule has 0 fully saturated rings. The minimum Gasteiger partial charge on any atom is -0.394 e. The largest absolute Gasteiger partial charge is 0.394 e. The molecule has 0 saturated carbocycles. The van der Waals surface area contributed by atoms with Gasteiger partial charge >= 0.3 is 0 Å². The Balaban J connectivity index is 2.80. The van der Waals surface area contributed by atoms with Crippen molar-refractivity contribution in [2.45, 2.75) is 25.0 Å². The van der Waals surface area contributed by atoms with Crippen LogP contribution in [-0.4, -0.2) is 64.2 Å². The molecule has 0 aromatic rings. The Labute approximate surface area is 127 Å². The molecular formula is C14H22N2O6. The molecule has 8 heteroatoms. The fraction of sp³-hybridized carbons (Fsp3) is 0.571. The lowest BCUT2D eigenvalue weighted by molar-refractivity contribution is -0.127. The van der Waals surface area contributed by atoms with Crippen molar-refractivity contribution in [2.24, 2.45) is 11.1 Å². The van der Waals surface area contributed by atoms with E-state index in [9.17, 15) is 19.8 Å². The number of aliphatic hydroxyl groups is 4. The molecule has 0 aromatic carbocycles. The lowest BCUT2D eigenvalue weighted by Gasteiger charge is -2.31. The summed E-state index contributed by atoms with van der Waals surface area (Å²) in [4.78, 5) is 23.8. The molecule has 22 heavy (non-hydrogen) atoms. The van der Waals surface area contributed by atoms with E-state index in [1.54, 1.807) is 0 Å². The zero-order chi connectivity index (χ0) is 16.8. The topological polar surface area (TPSA) is 153 Å². The number of rotatable bonds is 8. The molecule has 0 radical (unpaired) electrons. The minimum atomic E-state index is -1.25. The maximum Gasteiger partial charge on any atom is 0.247 e. The third-order valence-electron chi connectivity index (χ3n) is 3.52. The predicted molar refractivity (Wildman–Crippen MR) is 77.3 cm³/mol.